The molecule has 1 atom stereocenters. The topological polar surface area (TPSA) is 55.8 Å². The van der Waals surface area contributed by atoms with Crippen LogP contribution in [0.1, 0.15) is 22.3 Å². The van der Waals surface area contributed by atoms with Crippen LogP contribution in [0.2, 0.25) is 0 Å². The summed E-state index contributed by atoms with van der Waals surface area (Å²) in [6.07, 6.45) is 1.93. The molecule has 2 aromatic carbocycles. The Labute approximate surface area is 175 Å². The van der Waals surface area contributed by atoms with Gasteiger partial charge in [-0.05, 0) is 65.7 Å². The van der Waals surface area contributed by atoms with E-state index in [0.717, 1.165) is 17.5 Å². The van der Waals surface area contributed by atoms with Gasteiger partial charge in [0.15, 0.2) is 10.9 Å². The quantitative estimate of drug-likeness (QED) is 0.353. The summed E-state index contributed by atoms with van der Waals surface area (Å²) in [7, 11) is 0. The maximum atomic E-state index is 13.0. The van der Waals surface area contributed by atoms with Crippen molar-refractivity contribution in [1.29, 1.82) is 0 Å². The molecule has 0 aliphatic carbocycles. The summed E-state index contributed by atoms with van der Waals surface area (Å²) in [5, 5.41) is 13.6. The van der Waals surface area contributed by atoms with Gasteiger partial charge in [-0.1, -0.05) is 23.7 Å². The highest BCUT2D eigenvalue weighted by Gasteiger charge is 2.37. The fourth-order valence-corrected chi connectivity index (χ4v) is 4.42. The van der Waals surface area contributed by atoms with Gasteiger partial charge in [-0.25, -0.2) is 0 Å². The zero-order valence-corrected chi connectivity index (χ0v) is 16.9. The van der Waals surface area contributed by atoms with E-state index in [1.807, 2.05) is 16.8 Å². The number of carbonyl (C=O) groups is 1. The van der Waals surface area contributed by atoms with E-state index in [4.69, 9.17) is 21.1 Å². The molecule has 4 rings (SSSR count). The molecule has 0 amide bonds. The zero-order chi connectivity index (χ0) is 19.6. The molecular weight excluding hydrogens is 416 g/mol. The van der Waals surface area contributed by atoms with E-state index in [1.165, 1.54) is 0 Å². The molecule has 4 nitrogen and oxygen atoms in total. The van der Waals surface area contributed by atoms with Gasteiger partial charge in [0.2, 0.25) is 4.39 Å². The predicted molar refractivity (Wildman–Crippen MR) is 113 cm³/mol. The molecule has 0 saturated heterocycles. The van der Waals surface area contributed by atoms with Crippen molar-refractivity contribution in [3.8, 4) is 17.2 Å². The van der Waals surface area contributed by atoms with Crippen LogP contribution in [0.25, 0.3) is 0 Å². The number of aliphatic hydroxyl groups is 1. The Kier molecular flexibility index (Phi) is 5.35. The van der Waals surface area contributed by atoms with Gasteiger partial charge in [-0.2, -0.15) is 0 Å². The summed E-state index contributed by atoms with van der Waals surface area (Å²) in [6, 6.07) is 15.8. The van der Waals surface area contributed by atoms with Gasteiger partial charge in [0.25, 0.3) is 0 Å². The van der Waals surface area contributed by atoms with Crippen molar-refractivity contribution in [3.63, 3.8) is 0 Å². The number of ether oxygens (including phenoxy) is 2. The van der Waals surface area contributed by atoms with E-state index in [-0.39, 0.29) is 10.9 Å². The minimum absolute atomic E-state index is 0.111. The Balaban J connectivity index is 1.53. The summed E-state index contributed by atoms with van der Waals surface area (Å²) in [6.45, 7) is 0. The molecule has 0 fully saturated rings. The summed E-state index contributed by atoms with van der Waals surface area (Å²) in [5.41, 5.74) is 0.915. The van der Waals surface area contributed by atoms with Crippen LogP contribution in [0.5, 0.6) is 17.2 Å². The SMILES string of the molecule is O=C(c1ccc(Oc2ccsc2)cc1)c1ccccc1OC1(Cl)CC=C(O)S1. The van der Waals surface area contributed by atoms with E-state index in [9.17, 15) is 9.90 Å². The summed E-state index contributed by atoms with van der Waals surface area (Å²) in [4.78, 5) is 13.0. The number of thiophene rings is 1. The molecule has 7 heteroatoms. The Bertz CT molecular complexity index is 1020. The van der Waals surface area contributed by atoms with Crippen LogP contribution in [0, 0.1) is 0 Å². The van der Waals surface area contributed by atoms with Crippen molar-refractivity contribution in [2.24, 2.45) is 0 Å². The van der Waals surface area contributed by atoms with Gasteiger partial charge >= 0.3 is 0 Å². The first-order chi connectivity index (χ1) is 13.5. The first kappa shape index (κ1) is 18.9. The maximum Gasteiger partial charge on any atom is 0.240 e. The molecule has 0 bridgehead atoms. The molecule has 1 aromatic heterocycles. The lowest BCUT2D eigenvalue weighted by atomic mass is 10.0. The Hall–Kier alpha value is -2.41. The van der Waals surface area contributed by atoms with E-state index in [0.29, 0.717) is 29.0 Å². The van der Waals surface area contributed by atoms with Crippen LogP contribution in [0.4, 0.5) is 0 Å². The molecule has 0 spiro atoms. The third-order valence-corrected chi connectivity index (χ3v) is 6.07. The van der Waals surface area contributed by atoms with Crippen LogP contribution in [-0.2, 0) is 0 Å². The minimum atomic E-state index is -1.15. The Morgan fingerprint density at radius 1 is 1.07 bits per heavy atom. The normalized spacial score (nSPS) is 18.5. The van der Waals surface area contributed by atoms with Crippen molar-refractivity contribution < 1.29 is 19.4 Å². The molecule has 2 heterocycles. The fourth-order valence-electron chi connectivity index (χ4n) is 2.69. The maximum absolute atomic E-state index is 13.0. The van der Waals surface area contributed by atoms with Crippen LogP contribution < -0.4 is 9.47 Å². The minimum Gasteiger partial charge on any atom is -0.502 e. The van der Waals surface area contributed by atoms with Gasteiger partial charge in [0.1, 0.15) is 17.2 Å². The molecule has 1 aliphatic heterocycles. The predicted octanol–water partition coefficient (Wildman–Crippen LogP) is 6.58. The van der Waals surface area contributed by atoms with Gasteiger partial charge in [0, 0.05) is 17.4 Å². The third kappa shape index (κ3) is 4.19. The van der Waals surface area contributed by atoms with Gasteiger partial charge in [-0.3, -0.25) is 4.79 Å². The second-order valence-corrected chi connectivity index (χ2v) is 8.92. The Morgan fingerprint density at radius 3 is 2.54 bits per heavy atom. The van der Waals surface area contributed by atoms with Crippen molar-refractivity contribution >= 4 is 40.5 Å². The van der Waals surface area contributed by atoms with E-state index in [1.54, 1.807) is 65.9 Å². The Morgan fingerprint density at radius 2 is 1.86 bits per heavy atom. The summed E-state index contributed by atoms with van der Waals surface area (Å²) in [5.74, 6) is 1.61. The number of carbonyl (C=O) groups excluding carboxylic acids is 1. The van der Waals surface area contributed by atoms with Gasteiger partial charge in [-0.15, -0.1) is 11.3 Å². The van der Waals surface area contributed by atoms with Gasteiger partial charge in [0.05, 0.1) is 5.56 Å². The number of benzene rings is 2. The number of para-hydroxylation sites is 1. The first-order valence-corrected chi connectivity index (χ1v) is 10.6. The average molecular weight is 431 g/mol. The monoisotopic (exact) mass is 430 g/mol. The average Bonchev–Trinajstić information content (AvgIpc) is 3.32. The third-order valence-electron chi connectivity index (χ3n) is 4.02. The molecule has 1 aliphatic rings. The molecule has 0 saturated carbocycles. The second kappa shape index (κ2) is 7.91. The molecule has 1 N–H and O–H groups in total. The number of hydrogen-bond acceptors (Lipinski definition) is 6. The van der Waals surface area contributed by atoms with Gasteiger partial charge < -0.3 is 14.6 Å². The summed E-state index contributed by atoms with van der Waals surface area (Å²) < 4.78 is 10.4. The fraction of sp³-hybridized carbons (Fsp3) is 0.0952. The first-order valence-electron chi connectivity index (χ1n) is 8.42. The molecule has 1 unspecified atom stereocenters. The molecular formula is C21H15ClO4S2. The number of alkyl halides is 1. The van der Waals surface area contributed by atoms with E-state index < -0.39 is 4.39 Å². The number of halogens is 1. The van der Waals surface area contributed by atoms with Crippen molar-refractivity contribution in [2.45, 2.75) is 10.8 Å². The number of aliphatic hydroxyl groups excluding tert-OH is 1. The van der Waals surface area contributed by atoms with Crippen LogP contribution in [-0.4, -0.2) is 15.3 Å². The highest BCUT2D eigenvalue weighted by atomic mass is 35.5. The number of ketones is 1. The lowest BCUT2D eigenvalue weighted by Crippen LogP contribution is -2.23. The highest BCUT2D eigenvalue weighted by Crippen LogP contribution is 2.46. The molecule has 3 aromatic rings. The van der Waals surface area contributed by atoms with Crippen molar-refractivity contribution in [1.82, 2.24) is 0 Å². The standard InChI is InChI=1S/C21H15ClO4S2/c22-21(11-9-19(23)28-21)26-18-4-2-1-3-17(18)20(24)14-5-7-15(8-6-14)25-16-10-12-27-13-16/h1-10,12-13,23H,11H2. The molecule has 142 valence electrons. The van der Waals surface area contributed by atoms with Crippen LogP contribution in [0.15, 0.2) is 76.5 Å². The molecule has 0 radical (unpaired) electrons. The van der Waals surface area contributed by atoms with E-state index in [2.05, 4.69) is 0 Å². The lowest BCUT2D eigenvalue weighted by molar-refractivity contribution is 0.103. The van der Waals surface area contributed by atoms with Crippen molar-refractivity contribution in [3.05, 3.63) is 87.7 Å². The molecule has 28 heavy (non-hydrogen) atoms. The highest BCUT2D eigenvalue weighted by molar-refractivity contribution is 8.05. The number of thioether (sulfide) groups is 1. The second-order valence-electron chi connectivity index (χ2n) is 6.02. The lowest BCUT2D eigenvalue weighted by Gasteiger charge is -2.23. The van der Waals surface area contributed by atoms with E-state index >= 15 is 0 Å². The van der Waals surface area contributed by atoms with Crippen LogP contribution >= 0.6 is 34.7 Å². The number of rotatable bonds is 6. The number of hydrogen-bond donors (Lipinski definition) is 1. The van der Waals surface area contributed by atoms with Crippen molar-refractivity contribution in [2.75, 3.05) is 0 Å². The summed E-state index contributed by atoms with van der Waals surface area (Å²) >= 11 is 8.98. The smallest absolute Gasteiger partial charge is 0.240 e. The largest absolute Gasteiger partial charge is 0.502 e. The van der Waals surface area contributed by atoms with Crippen LogP contribution in [0.3, 0.4) is 0 Å². The zero-order valence-electron chi connectivity index (χ0n) is 14.5.